The molecule has 0 aromatic rings. The van der Waals surface area contributed by atoms with Gasteiger partial charge in [-0.1, -0.05) is 0 Å². The van der Waals surface area contributed by atoms with E-state index in [1.807, 2.05) is 0 Å². The fourth-order valence-corrected chi connectivity index (χ4v) is 2.26. The van der Waals surface area contributed by atoms with Gasteiger partial charge in [-0.25, -0.2) is 0 Å². The van der Waals surface area contributed by atoms with E-state index in [4.69, 9.17) is 0 Å². The first kappa shape index (κ1) is 10.2. The Kier molecular flexibility index (Phi) is 4.28. The number of nitrogens with one attached hydrogen (secondary N) is 2. The predicted octanol–water partition coefficient (Wildman–Crippen LogP) is 1.37. The number of carbonyl (C=O) groups is 1. The van der Waals surface area contributed by atoms with Crippen LogP contribution < -0.4 is 8.85 Å². The van der Waals surface area contributed by atoms with E-state index in [1.165, 1.54) is 12.8 Å². The van der Waals surface area contributed by atoms with E-state index >= 15 is 0 Å². The second-order valence-electron chi connectivity index (χ2n) is 3.36. The Morgan fingerprint density at radius 3 is 2.17 bits per heavy atom. The summed E-state index contributed by atoms with van der Waals surface area (Å²) in [4.78, 5) is 10.7. The zero-order valence-corrected chi connectivity index (χ0v) is 9.43. The van der Waals surface area contributed by atoms with E-state index in [9.17, 15) is 4.79 Å². The highest BCUT2D eigenvalue weighted by molar-refractivity contribution is 14.1. The second kappa shape index (κ2) is 5.01. The van der Waals surface area contributed by atoms with E-state index in [0.717, 1.165) is 12.8 Å². The molecule has 1 aliphatic rings. The molecule has 0 aromatic carbocycles. The predicted molar refractivity (Wildman–Crippen MR) is 57.0 cm³/mol. The molecule has 1 amide bonds. The Labute approximate surface area is 87.2 Å². The van der Waals surface area contributed by atoms with E-state index < -0.39 is 0 Å². The summed E-state index contributed by atoms with van der Waals surface area (Å²) in [6, 6.07) is 1.07. The molecule has 0 spiro atoms. The van der Waals surface area contributed by atoms with Gasteiger partial charge in [-0.2, -0.15) is 0 Å². The van der Waals surface area contributed by atoms with Crippen LogP contribution in [0.5, 0.6) is 0 Å². The molecule has 1 fully saturated rings. The fraction of sp³-hybridized carbons (Fsp3) is 0.875. The van der Waals surface area contributed by atoms with Crippen molar-refractivity contribution in [2.45, 2.75) is 44.7 Å². The molecule has 0 saturated heterocycles. The summed E-state index contributed by atoms with van der Waals surface area (Å²) in [5.41, 5.74) is 0. The van der Waals surface area contributed by atoms with Crippen LogP contribution in [-0.4, -0.2) is 18.0 Å². The van der Waals surface area contributed by atoms with Gasteiger partial charge in [-0.15, -0.1) is 0 Å². The van der Waals surface area contributed by atoms with Gasteiger partial charge in [-0.3, -0.25) is 8.32 Å². The zero-order valence-electron chi connectivity index (χ0n) is 7.27. The lowest BCUT2D eigenvalue weighted by atomic mass is 9.92. The summed E-state index contributed by atoms with van der Waals surface area (Å²) in [6.45, 7) is 1.59. The third-order valence-corrected chi connectivity index (χ3v) is 3.17. The first-order chi connectivity index (χ1) is 5.72. The fourth-order valence-electron chi connectivity index (χ4n) is 1.63. The van der Waals surface area contributed by atoms with E-state index in [2.05, 4.69) is 31.7 Å². The molecule has 0 aliphatic heterocycles. The molecule has 1 saturated carbocycles. The van der Waals surface area contributed by atoms with Crippen LogP contribution in [-0.2, 0) is 4.79 Å². The van der Waals surface area contributed by atoms with Crippen molar-refractivity contribution in [2.75, 3.05) is 0 Å². The standard InChI is InChI=1S/C8H15IN2O/c1-6(12)10-7-2-4-8(11-9)5-3-7/h7-8,11H,2-5H2,1H3,(H,10,12). The average molecular weight is 282 g/mol. The SMILES string of the molecule is CC(=O)NC1CCC(NI)CC1. The van der Waals surface area contributed by atoms with Gasteiger partial charge in [0.25, 0.3) is 0 Å². The third kappa shape index (κ3) is 3.26. The minimum atomic E-state index is 0.0980. The van der Waals surface area contributed by atoms with Crippen LogP contribution in [0.2, 0.25) is 0 Å². The summed E-state index contributed by atoms with van der Waals surface area (Å²) in [6.07, 6.45) is 4.57. The first-order valence-electron chi connectivity index (χ1n) is 4.35. The van der Waals surface area contributed by atoms with Crippen LogP contribution in [0.25, 0.3) is 0 Å². The van der Waals surface area contributed by atoms with Gasteiger partial charge in [0.05, 0.1) is 0 Å². The topological polar surface area (TPSA) is 41.1 Å². The van der Waals surface area contributed by atoms with Gasteiger partial charge in [0.1, 0.15) is 0 Å². The van der Waals surface area contributed by atoms with Gasteiger partial charge >= 0.3 is 0 Å². The minimum absolute atomic E-state index is 0.0980. The number of carbonyl (C=O) groups excluding carboxylic acids is 1. The summed E-state index contributed by atoms with van der Waals surface area (Å²) < 4.78 is 3.24. The van der Waals surface area contributed by atoms with Gasteiger partial charge in [0.2, 0.25) is 5.91 Å². The lowest BCUT2D eigenvalue weighted by Crippen LogP contribution is -2.39. The first-order valence-corrected chi connectivity index (χ1v) is 5.43. The maximum absolute atomic E-state index is 10.7. The van der Waals surface area contributed by atoms with E-state index in [0.29, 0.717) is 12.1 Å². The van der Waals surface area contributed by atoms with Crippen molar-refractivity contribution in [2.24, 2.45) is 0 Å². The van der Waals surface area contributed by atoms with Crippen molar-refractivity contribution in [1.82, 2.24) is 8.85 Å². The van der Waals surface area contributed by atoms with Crippen LogP contribution in [0, 0.1) is 0 Å². The highest BCUT2D eigenvalue weighted by Gasteiger charge is 2.20. The molecule has 0 aromatic heterocycles. The Balaban J connectivity index is 2.21. The van der Waals surface area contributed by atoms with Crippen molar-refractivity contribution in [3.05, 3.63) is 0 Å². The molecule has 70 valence electrons. The number of amides is 1. The van der Waals surface area contributed by atoms with Gasteiger partial charge < -0.3 is 5.32 Å². The molecule has 0 atom stereocenters. The molecule has 1 aliphatic carbocycles. The lowest BCUT2D eigenvalue weighted by Gasteiger charge is -2.27. The summed E-state index contributed by atoms with van der Waals surface area (Å²) in [7, 11) is 0. The molecule has 12 heavy (non-hydrogen) atoms. The van der Waals surface area contributed by atoms with E-state index in [-0.39, 0.29) is 5.91 Å². The summed E-state index contributed by atoms with van der Waals surface area (Å²) in [5, 5.41) is 2.96. The molecule has 4 heteroatoms. The number of hydrogen-bond acceptors (Lipinski definition) is 2. The van der Waals surface area contributed by atoms with Crippen molar-refractivity contribution >= 4 is 28.8 Å². The Bertz CT molecular complexity index is 155. The van der Waals surface area contributed by atoms with Gasteiger partial charge in [0.15, 0.2) is 0 Å². The van der Waals surface area contributed by atoms with Crippen LogP contribution in [0.1, 0.15) is 32.6 Å². The summed E-state index contributed by atoms with van der Waals surface area (Å²) in [5.74, 6) is 0.0980. The van der Waals surface area contributed by atoms with Crippen LogP contribution in [0.15, 0.2) is 0 Å². The van der Waals surface area contributed by atoms with Crippen molar-refractivity contribution < 1.29 is 4.79 Å². The van der Waals surface area contributed by atoms with Gasteiger partial charge in [0, 0.05) is 41.9 Å². The van der Waals surface area contributed by atoms with Gasteiger partial charge in [-0.05, 0) is 25.7 Å². The summed E-state index contributed by atoms with van der Waals surface area (Å²) >= 11 is 2.20. The van der Waals surface area contributed by atoms with Crippen molar-refractivity contribution in [3.63, 3.8) is 0 Å². The lowest BCUT2D eigenvalue weighted by molar-refractivity contribution is -0.119. The number of hydrogen-bond donors (Lipinski definition) is 2. The minimum Gasteiger partial charge on any atom is -0.354 e. The van der Waals surface area contributed by atoms with Crippen LogP contribution >= 0.6 is 22.9 Å². The molecular formula is C8H15IN2O. The molecule has 0 heterocycles. The highest BCUT2D eigenvalue weighted by Crippen LogP contribution is 2.19. The highest BCUT2D eigenvalue weighted by atomic mass is 127. The molecule has 0 unspecified atom stereocenters. The van der Waals surface area contributed by atoms with Crippen LogP contribution in [0.3, 0.4) is 0 Å². The number of halogens is 1. The quantitative estimate of drug-likeness (QED) is 0.593. The molecule has 0 bridgehead atoms. The van der Waals surface area contributed by atoms with Crippen molar-refractivity contribution in [1.29, 1.82) is 0 Å². The third-order valence-electron chi connectivity index (χ3n) is 2.29. The molecular weight excluding hydrogens is 267 g/mol. The molecule has 2 N–H and O–H groups in total. The monoisotopic (exact) mass is 282 g/mol. The maximum Gasteiger partial charge on any atom is 0.217 e. The molecule has 0 radical (unpaired) electrons. The maximum atomic E-state index is 10.7. The Morgan fingerprint density at radius 1 is 1.25 bits per heavy atom. The number of rotatable bonds is 2. The normalized spacial score (nSPS) is 29.8. The average Bonchev–Trinajstić information content (AvgIpc) is 2.05. The Morgan fingerprint density at radius 2 is 1.75 bits per heavy atom. The molecule has 3 nitrogen and oxygen atoms in total. The smallest absolute Gasteiger partial charge is 0.217 e. The second-order valence-corrected chi connectivity index (χ2v) is 3.98. The molecule has 1 rings (SSSR count). The Hall–Kier alpha value is 0.160. The largest absolute Gasteiger partial charge is 0.354 e. The van der Waals surface area contributed by atoms with Crippen LogP contribution in [0.4, 0.5) is 0 Å². The van der Waals surface area contributed by atoms with Crippen molar-refractivity contribution in [3.8, 4) is 0 Å². The zero-order chi connectivity index (χ0) is 8.97. The van der Waals surface area contributed by atoms with E-state index in [1.54, 1.807) is 6.92 Å².